The Kier molecular flexibility index (Phi) is 9.14. The number of amides is 2. The number of hydrogen-bond acceptors (Lipinski definition) is 3. The fourth-order valence-electron chi connectivity index (χ4n) is 1.18. The summed E-state index contributed by atoms with van der Waals surface area (Å²) in [5.74, 6) is -0.651. The minimum absolute atomic E-state index is 0.134. The third kappa shape index (κ3) is 11.0. The van der Waals surface area contributed by atoms with Crippen LogP contribution < -0.4 is 10.6 Å². The number of nitrogens with one attached hydrogen (secondary N) is 2. The fourth-order valence-corrected chi connectivity index (χ4v) is 1.18. The highest BCUT2D eigenvalue weighted by molar-refractivity contribution is 5.73. The van der Waals surface area contributed by atoms with Crippen molar-refractivity contribution in [1.82, 2.24) is 10.6 Å². The van der Waals surface area contributed by atoms with Crippen molar-refractivity contribution >= 4 is 12.0 Å². The molecule has 0 aromatic heterocycles. The maximum atomic E-state index is 11.3. The lowest BCUT2D eigenvalue weighted by Crippen LogP contribution is -2.39. The lowest BCUT2D eigenvalue weighted by Gasteiger charge is -2.12. The summed E-state index contributed by atoms with van der Waals surface area (Å²) in [6.07, 6.45) is 0.698. The maximum absolute atomic E-state index is 11.3. The largest absolute Gasteiger partial charge is 0.481 e. The number of carboxylic acid groups (broad SMARTS) is 1. The highest BCUT2D eigenvalue weighted by Crippen LogP contribution is 2.03. The zero-order valence-electron chi connectivity index (χ0n) is 10.5. The first kappa shape index (κ1) is 15.7. The van der Waals surface area contributed by atoms with E-state index in [0.29, 0.717) is 32.7 Å². The third-order valence-electron chi connectivity index (χ3n) is 2.20. The summed E-state index contributed by atoms with van der Waals surface area (Å²) in [4.78, 5) is 21.6. The van der Waals surface area contributed by atoms with Crippen LogP contribution in [0.25, 0.3) is 0 Å². The topological polar surface area (TPSA) is 87.7 Å². The molecule has 0 bridgehead atoms. The lowest BCUT2D eigenvalue weighted by atomic mass is 10.1. The van der Waals surface area contributed by atoms with Gasteiger partial charge in [-0.3, -0.25) is 4.79 Å². The summed E-state index contributed by atoms with van der Waals surface area (Å²) in [5, 5.41) is 13.8. The molecule has 1 unspecified atom stereocenters. The van der Waals surface area contributed by atoms with E-state index in [0.717, 1.165) is 0 Å². The van der Waals surface area contributed by atoms with E-state index in [4.69, 9.17) is 9.84 Å². The number of rotatable bonds is 9. The van der Waals surface area contributed by atoms with E-state index in [-0.39, 0.29) is 18.4 Å². The van der Waals surface area contributed by atoms with Crippen molar-refractivity contribution in [3.05, 3.63) is 0 Å². The first-order valence-electron chi connectivity index (χ1n) is 5.87. The quantitative estimate of drug-likeness (QED) is 0.526. The molecule has 6 heteroatoms. The van der Waals surface area contributed by atoms with E-state index >= 15 is 0 Å². The summed E-state index contributed by atoms with van der Waals surface area (Å²) >= 11 is 0. The van der Waals surface area contributed by atoms with Gasteiger partial charge in [-0.2, -0.15) is 0 Å². The highest BCUT2D eigenvalue weighted by Gasteiger charge is 2.07. The van der Waals surface area contributed by atoms with Crippen LogP contribution in [0.3, 0.4) is 0 Å². The first-order valence-corrected chi connectivity index (χ1v) is 5.87. The fraction of sp³-hybridized carbons (Fsp3) is 0.818. The molecular weight excluding hydrogens is 224 g/mol. The van der Waals surface area contributed by atoms with Gasteiger partial charge in [0.25, 0.3) is 0 Å². The van der Waals surface area contributed by atoms with Crippen molar-refractivity contribution in [2.45, 2.75) is 26.7 Å². The summed E-state index contributed by atoms with van der Waals surface area (Å²) in [5.41, 5.74) is 0. The van der Waals surface area contributed by atoms with Gasteiger partial charge in [-0.1, -0.05) is 6.92 Å². The smallest absolute Gasteiger partial charge is 0.314 e. The van der Waals surface area contributed by atoms with Gasteiger partial charge in [0.1, 0.15) is 0 Å². The first-order chi connectivity index (χ1) is 8.06. The Morgan fingerprint density at radius 2 is 2.06 bits per heavy atom. The van der Waals surface area contributed by atoms with Gasteiger partial charge in [0.2, 0.25) is 0 Å². The Balaban J connectivity index is 3.45. The molecule has 0 aromatic rings. The Labute approximate surface area is 102 Å². The molecule has 0 aliphatic carbocycles. The Bertz CT molecular complexity index is 234. The molecule has 0 fully saturated rings. The van der Waals surface area contributed by atoms with Crippen LogP contribution in [-0.2, 0) is 9.53 Å². The second-order valence-corrected chi connectivity index (χ2v) is 3.87. The predicted octanol–water partition coefficient (Wildman–Crippen LogP) is 0.823. The Morgan fingerprint density at radius 1 is 1.35 bits per heavy atom. The zero-order valence-corrected chi connectivity index (χ0v) is 10.5. The van der Waals surface area contributed by atoms with Gasteiger partial charge in [-0.25, -0.2) is 4.79 Å². The third-order valence-corrected chi connectivity index (χ3v) is 2.20. The van der Waals surface area contributed by atoms with Crippen molar-refractivity contribution < 1.29 is 19.4 Å². The predicted molar refractivity (Wildman–Crippen MR) is 63.9 cm³/mol. The average molecular weight is 246 g/mol. The molecule has 0 heterocycles. The number of carbonyl (C=O) groups excluding carboxylic acids is 1. The van der Waals surface area contributed by atoms with Crippen molar-refractivity contribution in [2.75, 3.05) is 26.3 Å². The minimum Gasteiger partial charge on any atom is -0.481 e. The van der Waals surface area contributed by atoms with Gasteiger partial charge in [0.05, 0.1) is 6.61 Å². The summed E-state index contributed by atoms with van der Waals surface area (Å²) in [6, 6.07) is -0.244. The van der Waals surface area contributed by atoms with E-state index in [1.54, 1.807) is 0 Å². The lowest BCUT2D eigenvalue weighted by molar-refractivity contribution is -0.137. The number of hydrogen-bond donors (Lipinski definition) is 3. The number of urea groups is 1. The molecule has 0 spiro atoms. The molecule has 0 saturated heterocycles. The molecular formula is C11H22N2O4. The highest BCUT2D eigenvalue weighted by atomic mass is 16.5. The number of carbonyl (C=O) groups is 2. The Morgan fingerprint density at radius 3 is 2.65 bits per heavy atom. The molecule has 2 amide bonds. The van der Waals surface area contributed by atoms with Crippen LogP contribution in [-0.4, -0.2) is 43.4 Å². The molecule has 0 aliphatic rings. The molecule has 0 saturated carbocycles. The zero-order chi connectivity index (χ0) is 13.1. The summed E-state index contributed by atoms with van der Waals surface area (Å²) in [6.45, 7) is 5.89. The van der Waals surface area contributed by atoms with Gasteiger partial charge in [-0.05, 0) is 19.3 Å². The molecule has 0 rings (SSSR count). The molecule has 0 radical (unpaired) electrons. The molecule has 1 atom stereocenters. The van der Waals surface area contributed by atoms with Crippen LogP contribution in [0.5, 0.6) is 0 Å². The van der Waals surface area contributed by atoms with E-state index in [2.05, 4.69) is 10.6 Å². The minimum atomic E-state index is -0.807. The monoisotopic (exact) mass is 246 g/mol. The molecule has 3 N–H and O–H groups in total. The van der Waals surface area contributed by atoms with Crippen LogP contribution in [0.4, 0.5) is 4.79 Å². The summed E-state index contributed by atoms with van der Waals surface area (Å²) in [7, 11) is 0. The second kappa shape index (κ2) is 9.89. The van der Waals surface area contributed by atoms with E-state index in [9.17, 15) is 9.59 Å². The van der Waals surface area contributed by atoms with Gasteiger partial charge in [-0.15, -0.1) is 0 Å². The van der Waals surface area contributed by atoms with Crippen molar-refractivity contribution in [2.24, 2.45) is 5.92 Å². The van der Waals surface area contributed by atoms with Crippen LogP contribution in [0.1, 0.15) is 26.7 Å². The number of ether oxygens (including phenoxy) is 1. The van der Waals surface area contributed by atoms with E-state index in [1.165, 1.54) is 0 Å². The normalized spacial score (nSPS) is 11.9. The van der Waals surface area contributed by atoms with Gasteiger partial charge in [0, 0.05) is 26.1 Å². The Hall–Kier alpha value is -1.30. The summed E-state index contributed by atoms with van der Waals surface area (Å²) < 4.78 is 5.07. The van der Waals surface area contributed by atoms with Gasteiger partial charge in [0.15, 0.2) is 0 Å². The van der Waals surface area contributed by atoms with Crippen LogP contribution in [0, 0.1) is 5.92 Å². The SMILES string of the molecule is CCOCCNC(=O)NCC(C)CCC(=O)O. The van der Waals surface area contributed by atoms with Gasteiger partial charge < -0.3 is 20.5 Å². The molecule has 0 aromatic carbocycles. The molecule has 17 heavy (non-hydrogen) atoms. The number of aliphatic carboxylic acids is 1. The second-order valence-electron chi connectivity index (χ2n) is 3.87. The van der Waals surface area contributed by atoms with Crippen LogP contribution in [0.15, 0.2) is 0 Å². The standard InChI is InChI=1S/C11H22N2O4/c1-3-17-7-6-12-11(16)13-8-9(2)4-5-10(14)15/h9H,3-8H2,1-2H3,(H,14,15)(H2,12,13,16). The maximum Gasteiger partial charge on any atom is 0.314 e. The van der Waals surface area contributed by atoms with E-state index < -0.39 is 5.97 Å². The van der Waals surface area contributed by atoms with Crippen LogP contribution in [0.2, 0.25) is 0 Å². The van der Waals surface area contributed by atoms with Crippen molar-refractivity contribution in [3.8, 4) is 0 Å². The van der Waals surface area contributed by atoms with Gasteiger partial charge >= 0.3 is 12.0 Å². The van der Waals surface area contributed by atoms with Crippen LogP contribution >= 0.6 is 0 Å². The van der Waals surface area contributed by atoms with E-state index in [1.807, 2.05) is 13.8 Å². The van der Waals surface area contributed by atoms with Crippen molar-refractivity contribution in [3.63, 3.8) is 0 Å². The van der Waals surface area contributed by atoms with Crippen molar-refractivity contribution in [1.29, 1.82) is 0 Å². The number of carboxylic acids is 1. The molecule has 6 nitrogen and oxygen atoms in total. The average Bonchev–Trinajstić information content (AvgIpc) is 2.29. The molecule has 100 valence electrons. The molecule has 0 aliphatic heterocycles.